The third kappa shape index (κ3) is 5.69. The molecule has 0 unspecified atom stereocenters. The maximum absolute atomic E-state index is 11.5. The van der Waals surface area contributed by atoms with E-state index in [4.69, 9.17) is 14.2 Å². The zero-order valence-corrected chi connectivity index (χ0v) is 12.0. The molecule has 0 aromatic heterocycles. The van der Waals surface area contributed by atoms with Gasteiger partial charge in [0.2, 0.25) is 0 Å². The maximum atomic E-state index is 11.5. The van der Waals surface area contributed by atoms with E-state index < -0.39 is 11.4 Å². The Morgan fingerprint density at radius 1 is 1.39 bits per heavy atom. The van der Waals surface area contributed by atoms with Gasteiger partial charge in [-0.3, -0.25) is 0 Å². The molecule has 1 aliphatic heterocycles. The summed E-state index contributed by atoms with van der Waals surface area (Å²) >= 11 is 0. The van der Waals surface area contributed by atoms with E-state index in [1.54, 1.807) is 0 Å². The van der Waals surface area contributed by atoms with Crippen LogP contribution in [-0.2, 0) is 14.2 Å². The van der Waals surface area contributed by atoms with Crippen LogP contribution >= 0.6 is 0 Å². The Morgan fingerprint density at radius 2 is 1.94 bits per heavy atom. The summed E-state index contributed by atoms with van der Waals surface area (Å²) in [5.41, 5.74) is -0.461. The lowest BCUT2D eigenvalue weighted by Crippen LogP contribution is -2.37. The summed E-state index contributed by atoms with van der Waals surface area (Å²) in [4.78, 5) is 11.5. The van der Waals surface area contributed by atoms with Crippen LogP contribution in [0.2, 0.25) is 0 Å². The molecule has 106 valence electrons. The molecule has 1 atom stereocenters. The van der Waals surface area contributed by atoms with Crippen molar-refractivity contribution in [2.75, 3.05) is 19.8 Å². The van der Waals surface area contributed by atoms with Crippen LogP contribution in [0.25, 0.3) is 0 Å². The summed E-state index contributed by atoms with van der Waals surface area (Å²) in [5.74, 6) is -0.240. The third-order valence-electron chi connectivity index (χ3n) is 2.61. The predicted molar refractivity (Wildman–Crippen MR) is 68.3 cm³/mol. The van der Waals surface area contributed by atoms with Gasteiger partial charge in [0.25, 0.3) is 0 Å². The zero-order chi connectivity index (χ0) is 13.8. The molecular formula is C13H25NO4. The lowest BCUT2D eigenvalue weighted by Gasteiger charge is -2.26. The van der Waals surface area contributed by atoms with Gasteiger partial charge in [0.05, 0.1) is 13.2 Å². The molecule has 1 saturated heterocycles. The summed E-state index contributed by atoms with van der Waals surface area (Å²) in [5, 5.41) is 2.76. The second-order valence-electron chi connectivity index (χ2n) is 6.02. The number of ether oxygens (including phenoxy) is 3. The van der Waals surface area contributed by atoms with Crippen molar-refractivity contribution in [1.29, 1.82) is 0 Å². The SMILES string of the molecule is C[C@@H](CNC(=O)OC(C)(C)C)CC1(C)OCCO1. The average Bonchev–Trinajstić information content (AvgIpc) is 2.59. The normalized spacial score (nSPS) is 20.5. The predicted octanol–water partition coefficient (Wildman–Crippen LogP) is 2.30. The molecule has 0 bridgehead atoms. The minimum Gasteiger partial charge on any atom is -0.444 e. The molecule has 18 heavy (non-hydrogen) atoms. The lowest BCUT2D eigenvalue weighted by molar-refractivity contribution is -0.153. The van der Waals surface area contributed by atoms with Gasteiger partial charge in [-0.05, 0) is 33.6 Å². The molecule has 1 amide bonds. The van der Waals surface area contributed by atoms with Crippen LogP contribution < -0.4 is 5.32 Å². The maximum Gasteiger partial charge on any atom is 0.407 e. The smallest absolute Gasteiger partial charge is 0.407 e. The Balaban J connectivity index is 2.24. The Morgan fingerprint density at radius 3 is 2.44 bits per heavy atom. The van der Waals surface area contributed by atoms with E-state index in [2.05, 4.69) is 5.32 Å². The molecule has 1 rings (SSSR count). The first-order valence-corrected chi connectivity index (χ1v) is 6.45. The second kappa shape index (κ2) is 5.89. The van der Waals surface area contributed by atoms with Crippen molar-refractivity contribution in [3.63, 3.8) is 0 Å². The standard InChI is InChI=1S/C13H25NO4/c1-10(8-13(5)16-6-7-17-13)9-14-11(15)18-12(2,3)4/h10H,6-9H2,1-5H3,(H,14,15)/t10-/m1/s1. The van der Waals surface area contributed by atoms with Crippen molar-refractivity contribution in [1.82, 2.24) is 5.32 Å². The minimum absolute atomic E-state index is 0.264. The van der Waals surface area contributed by atoms with Crippen molar-refractivity contribution < 1.29 is 19.0 Å². The molecule has 0 saturated carbocycles. The van der Waals surface area contributed by atoms with Gasteiger partial charge in [-0.2, -0.15) is 0 Å². The van der Waals surface area contributed by atoms with Gasteiger partial charge in [-0.1, -0.05) is 6.92 Å². The first-order valence-electron chi connectivity index (χ1n) is 6.45. The Labute approximate surface area is 109 Å². The van der Waals surface area contributed by atoms with E-state index in [0.717, 1.165) is 6.42 Å². The highest BCUT2D eigenvalue weighted by atomic mass is 16.7. The second-order valence-corrected chi connectivity index (χ2v) is 6.02. The summed E-state index contributed by atoms with van der Waals surface area (Å²) in [7, 11) is 0. The number of alkyl carbamates (subject to hydrolysis) is 1. The van der Waals surface area contributed by atoms with Gasteiger partial charge in [-0.15, -0.1) is 0 Å². The van der Waals surface area contributed by atoms with Crippen molar-refractivity contribution >= 4 is 6.09 Å². The highest BCUT2D eigenvalue weighted by molar-refractivity contribution is 5.67. The van der Waals surface area contributed by atoms with Gasteiger partial charge in [0.1, 0.15) is 5.60 Å². The van der Waals surface area contributed by atoms with Gasteiger partial charge < -0.3 is 19.5 Å². The van der Waals surface area contributed by atoms with Crippen molar-refractivity contribution in [2.24, 2.45) is 5.92 Å². The van der Waals surface area contributed by atoms with Crippen LogP contribution in [0.1, 0.15) is 41.0 Å². The molecule has 5 nitrogen and oxygen atoms in total. The molecule has 1 heterocycles. The van der Waals surface area contributed by atoms with E-state index >= 15 is 0 Å². The van der Waals surface area contributed by atoms with Crippen LogP contribution in [-0.4, -0.2) is 37.2 Å². The molecule has 1 aliphatic rings. The summed E-state index contributed by atoms with van der Waals surface area (Å²) in [6.07, 6.45) is 0.371. The average molecular weight is 259 g/mol. The van der Waals surface area contributed by atoms with Crippen LogP contribution in [0.3, 0.4) is 0 Å². The van der Waals surface area contributed by atoms with Gasteiger partial charge >= 0.3 is 6.09 Å². The minimum atomic E-state index is -0.505. The first-order chi connectivity index (χ1) is 8.20. The third-order valence-corrected chi connectivity index (χ3v) is 2.61. The van der Waals surface area contributed by atoms with Crippen molar-refractivity contribution in [3.05, 3.63) is 0 Å². The molecule has 0 radical (unpaired) electrons. The largest absolute Gasteiger partial charge is 0.444 e. The van der Waals surface area contributed by atoms with E-state index in [-0.39, 0.29) is 12.0 Å². The summed E-state index contributed by atoms with van der Waals surface area (Å²) < 4.78 is 16.2. The van der Waals surface area contributed by atoms with Crippen LogP contribution in [0, 0.1) is 5.92 Å². The van der Waals surface area contributed by atoms with Gasteiger partial charge in [-0.25, -0.2) is 4.79 Å². The van der Waals surface area contributed by atoms with Crippen molar-refractivity contribution in [3.8, 4) is 0 Å². The molecule has 0 aromatic carbocycles. The fraction of sp³-hybridized carbons (Fsp3) is 0.923. The van der Waals surface area contributed by atoms with E-state index in [0.29, 0.717) is 19.8 Å². The van der Waals surface area contributed by atoms with Crippen LogP contribution in [0.15, 0.2) is 0 Å². The Hall–Kier alpha value is -0.810. The van der Waals surface area contributed by atoms with Crippen molar-refractivity contribution in [2.45, 2.75) is 52.4 Å². The zero-order valence-electron chi connectivity index (χ0n) is 12.0. The topological polar surface area (TPSA) is 56.8 Å². The molecule has 0 spiro atoms. The number of amides is 1. The number of carbonyl (C=O) groups is 1. The first kappa shape index (κ1) is 15.2. The molecule has 1 N–H and O–H groups in total. The molecule has 5 heteroatoms. The molecule has 0 aromatic rings. The van der Waals surface area contributed by atoms with E-state index in [1.165, 1.54) is 0 Å². The number of hydrogen-bond acceptors (Lipinski definition) is 4. The summed E-state index contributed by atoms with van der Waals surface area (Å²) in [6.45, 7) is 11.4. The molecule has 1 fully saturated rings. The highest BCUT2D eigenvalue weighted by Crippen LogP contribution is 2.26. The van der Waals surface area contributed by atoms with E-state index in [9.17, 15) is 4.79 Å². The summed E-state index contributed by atoms with van der Waals surface area (Å²) in [6, 6.07) is 0. The Bertz CT molecular complexity index is 279. The highest BCUT2D eigenvalue weighted by Gasteiger charge is 2.32. The number of carbonyl (C=O) groups excluding carboxylic acids is 1. The Kier molecular flexibility index (Phi) is 4.99. The number of nitrogens with one attached hydrogen (secondary N) is 1. The molecule has 0 aliphatic carbocycles. The monoisotopic (exact) mass is 259 g/mol. The van der Waals surface area contributed by atoms with Gasteiger partial charge in [0, 0.05) is 13.0 Å². The number of hydrogen-bond donors (Lipinski definition) is 1. The quantitative estimate of drug-likeness (QED) is 0.841. The fourth-order valence-corrected chi connectivity index (χ4v) is 1.95. The van der Waals surface area contributed by atoms with Crippen LogP contribution in [0.4, 0.5) is 4.79 Å². The fourth-order valence-electron chi connectivity index (χ4n) is 1.95. The van der Waals surface area contributed by atoms with Crippen LogP contribution in [0.5, 0.6) is 0 Å². The lowest BCUT2D eigenvalue weighted by atomic mass is 10.0. The van der Waals surface area contributed by atoms with Gasteiger partial charge in [0.15, 0.2) is 5.79 Å². The molecular weight excluding hydrogens is 234 g/mol. The number of rotatable bonds is 4. The van der Waals surface area contributed by atoms with E-state index in [1.807, 2.05) is 34.6 Å².